The van der Waals surface area contributed by atoms with Gasteiger partial charge in [0.05, 0.1) is 5.56 Å². The lowest BCUT2D eigenvalue weighted by Gasteiger charge is -2.08. The average molecular weight is 307 g/mol. The Kier molecular flexibility index (Phi) is 3.94. The van der Waals surface area contributed by atoms with Crippen molar-refractivity contribution in [3.8, 4) is 0 Å². The molecule has 18 heavy (non-hydrogen) atoms. The molecule has 1 aromatic heterocycles. The fraction of sp³-hybridized carbons (Fsp3) is 0.0769. The maximum Gasteiger partial charge on any atom is 0.335 e. The summed E-state index contributed by atoms with van der Waals surface area (Å²) in [6.45, 7) is 0.623. The van der Waals surface area contributed by atoms with Crippen molar-refractivity contribution in [1.82, 2.24) is 4.98 Å². The van der Waals surface area contributed by atoms with Gasteiger partial charge in [-0.05, 0) is 35.9 Å². The number of pyridine rings is 1. The topological polar surface area (TPSA) is 62.2 Å². The quantitative estimate of drug-likeness (QED) is 0.911. The van der Waals surface area contributed by atoms with Gasteiger partial charge in [0.1, 0.15) is 0 Å². The van der Waals surface area contributed by atoms with Crippen LogP contribution >= 0.6 is 15.9 Å². The maximum absolute atomic E-state index is 10.9. The molecule has 0 radical (unpaired) electrons. The van der Waals surface area contributed by atoms with Gasteiger partial charge >= 0.3 is 5.97 Å². The first-order valence-electron chi connectivity index (χ1n) is 5.32. The summed E-state index contributed by atoms with van der Waals surface area (Å²) in [7, 11) is 0. The van der Waals surface area contributed by atoms with Gasteiger partial charge in [-0.3, -0.25) is 4.98 Å². The summed E-state index contributed by atoms with van der Waals surface area (Å²) in [4.78, 5) is 14.9. The standard InChI is InChI=1S/C13H11BrN2O2/c14-11-5-10(13(17)18)6-12(7-11)16-8-9-1-3-15-4-2-9/h1-7,16H,8H2,(H,17,18). The number of rotatable bonds is 4. The lowest BCUT2D eigenvalue weighted by atomic mass is 10.2. The summed E-state index contributed by atoms with van der Waals surface area (Å²) in [6, 6.07) is 8.83. The second-order valence-electron chi connectivity index (χ2n) is 3.74. The molecular weight excluding hydrogens is 296 g/mol. The van der Waals surface area contributed by atoms with E-state index in [1.807, 2.05) is 18.2 Å². The smallest absolute Gasteiger partial charge is 0.335 e. The summed E-state index contributed by atoms with van der Waals surface area (Å²) in [5.41, 5.74) is 2.10. The molecule has 0 saturated heterocycles. The van der Waals surface area contributed by atoms with Crippen LogP contribution in [-0.2, 0) is 6.54 Å². The number of aromatic nitrogens is 1. The summed E-state index contributed by atoms with van der Waals surface area (Å²) in [6.07, 6.45) is 3.45. The predicted molar refractivity (Wildman–Crippen MR) is 72.7 cm³/mol. The van der Waals surface area contributed by atoms with Crippen LogP contribution in [0, 0.1) is 0 Å². The van der Waals surface area contributed by atoms with Crippen LogP contribution in [0.4, 0.5) is 5.69 Å². The maximum atomic E-state index is 10.9. The fourth-order valence-electron chi connectivity index (χ4n) is 1.52. The van der Waals surface area contributed by atoms with E-state index in [0.29, 0.717) is 6.54 Å². The highest BCUT2D eigenvalue weighted by atomic mass is 79.9. The number of nitrogens with one attached hydrogen (secondary N) is 1. The minimum Gasteiger partial charge on any atom is -0.478 e. The Labute approximate surface area is 113 Å². The van der Waals surface area contributed by atoms with E-state index in [1.54, 1.807) is 24.5 Å². The molecule has 2 rings (SSSR count). The van der Waals surface area contributed by atoms with Gasteiger partial charge in [0.15, 0.2) is 0 Å². The van der Waals surface area contributed by atoms with E-state index in [4.69, 9.17) is 5.11 Å². The minimum atomic E-state index is -0.941. The van der Waals surface area contributed by atoms with Crippen molar-refractivity contribution in [2.24, 2.45) is 0 Å². The lowest BCUT2D eigenvalue weighted by Crippen LogP contribution is -2.02. The number of hydrogen-bond acceptors (Lipinski definition) is 3. The number of nitrogens with zero attached hydrogens (tertiary/aromatic N) is 1. The summed E-state index contributed by atoms with van der Waals surface area (Å²) >= 11 is 3.29. The number of anilines is 1. The van der Waals surface area contributed by atoms with Crippen LogP contribution < -0.4 is 5.32 Å². The van der Waals surface area contributed by atoms with E-state index in [-0.39, 0.29) is 5.56 Å². The third kappa shape index (κ3) is 3.30. The molecule has 0 unspecified atom stereocenters. The highest BCUT2D eigenvalue weighted by Gasteiger charge is 2.05. The Hall–Kier alpha value is -1.88. The van der Waals surface area contributed by atoms with Gasteiger partial charge in [0.25, 0.3) is 0 Å². The molecule has 0 saturated carbocycles. The van der Waals surface area contributed by atoms with E-state index in [1.165, 1.54) is 0 Å². The molecule has 0 aliphatic rings. The Morgan fingerprint density at radius 3 is 2.67 bits per heavy atom. The molecule has 0 aliphatic carbocycles. The fourth-order valence-corrected chi connectivity index (χ4v) is 2.01. The normalized spacial score (nSPS) is 10.1. The highest BCUT2D eigenvalue weighted by Crippen LogP contribution is 2.20. The molecule has 92 valence electrons. The molecule has 0 atom stereocenters. The van der Waals surface area contributed by atoms with Crippen LogP contribution in [0.5, 0.6) is 0 Å². The Balaban J connectivity index is 2.12. The van der Waals surface area contributed by atoms with Crippen LogP contribution in [0.1, 0.15) is 15.9 Å². The third-order valence-corrected chi connectivity index (χ3v) is 2.85. The molecule has 0 fully saturated rings. The van der Waals surface area contributed by atoms with Crippen LogP contribution in [0.2, 0.25) is 0 Å². The van der Waals surface area contributed by atoms with Crippen molar-refractivity contribution < 1.29 is 9.90 Å². The SMILES string of the molecule is O=C(O)c1cc(Br)cc(NCc2ccncc2)c1. The number of carbonyl (C=O) groups is 1. The third-order valence-electron chi connectivity index (χ3n) is 2.39. The second-order valence-corrected chi connectivity index (χ2v) is 4.66. The highest BCUT2D eigenvalue weighted by molar-refractivity contribution is 9.10. The average Bonchev–Trinajstić information content (AvgIpc) is 2.37. The zero-order valence-corrected chi connectivity index (χ0v) is 11.0. The van der Waals surface area contributed by atoms with Crippen LogP contribution in [0.15, 0.2) is 47.2 Å². The van der Waals surface area contributed by atoms with Crippen molar-refractivity contribution in [2.45, 2.75) is 6.54 Å². The van der Waals surface area contributed by atoms with Crippen LogP contribution in [0.3, 0.4) is 0 Å². The number of hydrogen-bond donors (Lipinski definition) is 2. The van der Waals surface area contributed by atoms with Gasteiger partial charge in [-0.25, -0.2) is 4.79 Å². The molecule has 0 amide bonds. The van der Waals surface area contributed by atoms with E-state index in [0.717, 1.165) is 15.7 Å². The monoisotopic (exact) mass is 306 g/mol. The Bertz CT molecular complexity index is 558. The van der Waals surface area contributed by atoms with Crippen LogP contribution in [0.25, 0.3) is 0 Å². The minimum absolute atomic E-state index is 0.251. The van der Waals surface area contributed by atoms with Gasteiger partial charge in [-0.1, -0.05) is 15.9 Å². The molecule has 0 bridgehead atoms. The van der Waals surface area contributed by atoms with Crippen molar-refractivity contribution in [3.05, 3.63) is 58.3 Å². The molecule has 2 aromatic rings. The molecule has 0 aliphatic heterocycles. The zero-order valence-electron chi connectivity index (χ0n) is 9.43. The molecule has 4 nitrogen and oxygen atoms in total. The van der Waals surface area contributed by atoms with Gasteiger partial charge in [-0.2, -0.15) is 0 Å². The number of halogens is 1. The van der Waals surface area contributed by atoms with Gasteiger partial charge < -0.3 is 10.4 Å². The zero-order chi connectivity index (χ0) is 13.0. The van der Waals surface area contributed by atoms with Crippen LogP contribution in [-0.4, -0.2) is 16.1 Å². The molecule has 0 spiro atoms. The Morgan fingerprint density at radius 2 is 2.00 bits per heavy atom. The van der Waals surface area contributed by atoms with Crippen molar-refractivity contribution in [2.75, 3.05) is 5.32 Å². The van der Waals surface area contributed by atoms with Gasteiger partial charge in [0.2, 0.25) is 0 Å². The van der Waals surface area contributed by atoms with Crippen molar-refractivity contribution in [3.63, 3.8) is 0 Å². The molecule has 2 N–H and O–H groups in total. The lowest BCUT2D eigenvalue weighted by molar-refractivity contribution is 0.0697. The first kappa shape index (κ1) is 12.6. The molecule has 1 aromatic carbocycles. The first-order chi connectivity index (χ1) is 8.65. The van der Waals surface area contributed by atoms with Crippen molar-refractivity contribution in [1.29, 1.82) is 0 Å². The Morgan fingerprint density at radius 1 is 1.28 bits per heavy atom. The van der Waals surface area contributed by atoms with Crippen molar-refractivity contribution >= 4 is 27.6 Å². The number of benzene rings is 1. The summed E-state index contributed by atoms with van der Waals surface area (Å²) < 4.78 is 0.736. The molecule has 5 heteroatoms. The summed E-state index contributed by atoms with van der Waals surface area (Å²) in [5.74, 6) is -0.941. The predicted octanol–water partition coefficient (Wildman–Crippen LogP) is 3.15. The van der Waals surface area contributed by atoms with Gasteiger partial charge in [-0.15, -0.1) is 0 Å². The number of carboxylic acid groups (broad SMARTS) is 1. The molecule has 1 heterocycles. The summed E-state index contributed by atoms with van der Waals surface area (Å²) in [5, 5.41) is 12.1. The number of aromatic carboxylic acids is 1. The molecular formula is C13H11BrN2O2. The van der Waals surface area contributed by atoms with E-state index < -0.39 is 5.97 Å². The van der Waals surface area contributed by atoms with E-state index in [2.05, 4.69) is 26.2 Å². The first-order valence-corrected chi connectivity index (χ1v) is 6.11. The van der Waals surface area contributed by atoms with Gasteiger partial charge in [0, 0.05) is 29.1 Å². The number of carboxylic acids is 1. The largest absolute Gasteiger partial charge is 0.478 e. The second kappa shape index (κ2) is 5.64. The van der Waals surface area contributed by atoms with E-state index >= 15 is 0 Å². The van der Waals surface area contributed by atoms with E-state index in [9.17, 15) is 4.79 Å².